The molecule has 25 heavy (non-hydrogen) atoms. The van der Waals surface area contributed by atoms with Crippen LogP contribution >= 0.6 is 11.6 Å². The largest absolute Gasteiger partial charge is 0.352 e. The van der Waals surface area contributed by atoms with E-state index in [0.717, 1.165) is 38.0 Å². The zero-order chi connectivity index (χ0) is 18.2. The second kappa shape index (κ2) is 9.78. The molecule has 2 atom stereocenters. The number of benzene rings is 1. The summed E-state index contributed by atoms with van der Waals surface area (Å²) in [5.41, 5.74) is 1.03. The number of nitrogens with zero attached hydrogens (tertiary/aromatic N) is 1. The summed E-state index contributed by atoms with van der Waals surface area (Å²) in [5.74, 6) is 0.546. The van der Waals surface area contributed by atoms with Crippen LogP contribution in [0.3, 0.4) is 0 Å². The Bertz CT molecular complexity index is 577. The van der Waals surface area contributed by atoms with Crippen LogP contribution in [-0.2, 0) is 16.1 Å². The Balaban J connectivity index is 1.73. The lowest BCUT2D eigenvalue weighted by molar-refractivity contribution is -0.122. The van der Waals surface area contributed by atoms with E-state index in [1.165, 1.54) is 0 Å². The minimum absolute atomic E-state index is 0.0219. The highest BCUT2D eigenvalue weighted by Crippen LogP contribution is 2.22. The van der Waals surface area contributed by atoms with E-state index in [2.05, 4.69) is 22.5 Å². The Morgan fingerprint density at radius 3 is 2.60 bits per heavy atom. The second-order valence-electron chi connectivity index (χ2n) is 6.77. The van der Waals surface area contributed by atoms with Gasteiger partial charge in [0.2, 0.25) is 11.8 Å². The summed E-state index contributed by atoms with van der Waals surface area (Å²) in [5, 5.41) is 6.69. The van der Waals surface area contributed by atoms with Gasteiger partial charge >= 0.3 is 0 Å². The SMILES string of the molecule is CCC[C@@H]1CN(CCC(=O)NCc2ccc(Cl)cc2)C[C@H]1NC(C)=O. The van der Waals surface area contributed by atoms with Gasteiger partial charge in [-0.25, -0.2) is 0 Å². The van der Waals surface area contributed by atoms with Crippen LogP contribution in [0.25, 0.3) is 0 Å². The van der Waals surface area contributed by atoms with E-state index in [-0.39, 0.29) is 17.9 Å². The lowest BCUT2D eigenvalue weighted by atomic mass is 9.98. The number of carbonyl (C=O) groups excluding carboxylic acids is 2. The summed E-state index contributed by atoms with van der Waals surface area (Å²) < 4.78 is 0. The maximum absolute atomic E-state index is 12.1. The third-order valence-corrected chi connectivity index (χ3v) is 4.87. The summed E-state index contributed by atoms with van der Waals surface area (Å²) in [6.45, 7) is 6.75. The molecule has 0 aliphatic carbocycles. The van der Waals surface area contributed by atoms with Crippen molar-refractivity contribution in [3.63, 3.8) is 0 Å². The fraction of sp³-hybridized carbons (Fsp3) is 0.579. The van der Waals surface area contributed by atoms with Crippen molar-refractivity contribution in [2.24, 2.45) is 5.92 Å². The molecule has 1 heterocycles. The van der Waals surface area contributed by atoms with Crippen molar-refractivity contribution >= 4 is 23.4 Å². The minimum atomic E-state index is 0.0219. The quantitative estimate of drug-likeness (QED) is 0.744. The van der Waals surface area contributed by atoms with Crippen LogP contribution in [0.4, 0.5) is 0 Å². The van der Waals surface area contributed by atoms with Crippen molar-refractivity contribution in [1.29, 1.82) is 0 Å². The zero-order valence-corrected chi connectivity index (χ0v) is 15.8. The van der Waals surface area contributed by atoms with Gasteiger partial charge in [-0.1, -0.05) is 37.1 Å². The van der Waals surface area contributed by atoms with E-state index >= 15 is 0 Å². The minimum Gasteiger partial charge on any atom is -0.352 e. The first-order chi connectivity index (χ1) is 12.0. The average Bonchev–Trinajstić information content (AvgIpc) is 2.94. The number of amides is 2. The smallest absolute Gasteiger partial charge is 0.221 e. The molecular formula is C19H28ClN3O2. The van der Waals surface area contributed by atoms with Crippen molar-refractivity contribution in [2.75, 3.05) is 19.6 Å². The Morgan fingerprint density at radius 2 is 1.96 bits per heavy atom. The molecule has 1 aromatic carbocycles. The molecule has 6 heteroatoms. The molecule has 138 valence electrons. The van der Waals surface area contributed by atoms with Crippen LogP contribution in [-0.4, -0.2) is 42.4 Å². The van der Waals surface area contributed by atoms with Gasteiger partial charge in [-0.15, -0.1) is 0 Å². The Kier molecular flexibility index (Phi) is 7.72. The molecule has 2 amide bonds. The van der Waals surface area contributed by atoms with E-state index in [9.17, 15) is 9.59 Å². The van der Waals surface area contributed by atoms with Gasteiger partial charge in [0, 0.05) is 50.6 Å². The van der Waals surface area contributed by atoms with E-state index in [0.29, 0.717) is 23.9 Å². The molecule has 5 nitrogen and oxygen atoms in total. The number of halogens is 1. The molecule has 1 aliphatic rings. The van der Waals surface area contributed by atoms with Gasteiger partial charge < -0.3 is 15.5 Å². The highest BCUT2D eigenvalue weighted by molar-refractivity contribution is 6.30. The summed E-state index contributed by atoms with van der Waals surface area (Å²) in [6, 6.07) is 7.68. The van der Waals surface area contributed by atoms with Crippen molar-refractivity contribution in [3.05, 3.63) is 34.9 Å². The fourth-order valence-corrected chi connectivity index (χ4v) is 3.51. The standard InChI is InChI=1S/C19H28ClN3O2/c1-3-4-16-12-23(13-18(16)22-14(2)24)10-9-19(25)21-11-15-5-7-17(20)8-6-15/h5-8,16,18H,3-4,9-13H2,1-2H3,(H,21,25)(H,22,24)/t16-,18-/m1/s1. The number of likely N-dealkylation sites (tertiary alicyclic amines) is 1. The molecule has 0 radical (unpaired) electrons. The van der Waals surface area contributed by atoms with Gasteiger partial charge in [0.05, 0.1) is 0 Å². The van der Waals surface area contributed by atoms with Crippen LogP contribution in [0, 0.1) is 5.92 Å². The summed E-state index contributed by atoms with van der Waals surface area (Å²) in [6.07, 6.45) is 2.68. The van der Waals surface area contributed by atoms with Crippen molar-refractivity contribution in [2.45, 2.75) is 45.7 Å². The van der Waals surface area contributed by atoms with Gasteiger partial charge in [0.15, 0.2) is 0 Å². The van der Waals surface area contributed by atoms with Gasteiger partial charge in [0.1, 0.15) is 0 Å². The molecule has 0 aromatic heterocycles. The lowest BCUT2D eigenvalue weighted by Crippen LogP contribution is -2.39. The number of hydrogen-bond donors (Lipinski definition) is 2. The molecule has 1 aromatic rings. The zero-order valence-electron chi connectivity index (χ0n) is 15.1. The first-order valence-corrected chi connectivity index (χ1v) is 9.36. The number of carbonyl (C=O) groups is 2. The topological polar surface area (TPSA) is 61.4 Å². The van der Waals surface area contributed by atoms with Crippen LogP contribution < -0.4 is 10.6 Å². The van der Waals surface area contributed by atoms with E-state index in [4.69, 9.17) is 11.6 Å². The number of nitrogens with one attached hydrogen (secondary N) is 2. The highest BCUT2D eigenvalue weighted by atomic mass is 35.5. The summed E-state index contributed by atoms with van der Waals surface area (Å²) in [7, 11) is 0. The predicted octanol–water partition coefficient (Wildman–Crippen LogP) is 2.58. The molecular weight excluding hydrogens is 338 g/mol. The van der Waals surface area contributed by atoms with Crippen LogP contribution in [0.5, 0.6) is 0 Å². The van der Waals surface area contributed by atoms with Gasteiger partial charge in [0.25, 0.3) is 0 Å². The number of hydrogen-bond acceptors (Lipinski definition) is 3. The van der Waals surface area contributed by atoms with Crippen LogP contribution in [0.15, 0.2) is 24.3 Å². The Morgan fingerprint density at radius 1 is 1.24 bits per heavy atom. The van der Waals surface area contributed by atoms with Gasteiger partial charge in [-0.2, -0.15) is 0 Å². The molecule has 2 N–H and O–H groups in total. The Labute approximate surface area is 155 Å². The molecule has 0 spiro atoms. The molecule has 0 bridgehead atoms. The molecule has 2 rings (SSSR count). The first-order valence-electron chi connectivity index (χ1n) is 8.98. The monoisotopic (exact) mass is 365 g/mol. The highest BCUT2D eigenvalue weighted by Gasteiger charge is 2.32. The van der Waals surface area contributed by atoms with Crippen molar-refractivity contribution in [3.8, 4) is 0 Å². The van der Waals surface area contributed by atoms with E-state index in [1.54, 1.807) is 6.92 Å². The maximum Gasteiger partial charge on any atom is 0.221 e. The van der Waals surface area contributed by atoms with E-state index in [1.807, 2.05) is 24.3 Å². The molecule has 1 aliphatic heterocycles. The fourth-order valence-electron chi connectivity index (χ4n) is 3.38. The molecule has 1 saturated heterocycles. The van der Waals surface area contributed by atoms with Gasteiger partial charge in [-0.3, -0.25) is 9.59 Å². The second-order valence-corrected chi connectivity index (χ2v) is 7.20. The normalized spacial score (nSPS) is 20.4. The third kappa shape index (κ3) is 6.67. The van der Waals surface area contributed by atoms with Gasteiger partial charge in [-0.05, 0) is 30.0 Å². The summed E-state index contributed by atoms with van der Waals surface area (Å²) >= 11 is 5.86. The van der Waals surface area contributed by atoms with Crippen molar-refractivity contribution < 1.29 is 9.59 Å². The summed E-state index contributed by atoms with van der Waals surface area (Å²) in [4.78, 5) is 25.7. The molecule has 1 fully saturated rings. The molecule has 0 unspecified atom stereocenters. The lowest BCUT2D eigenvalue weighted by Gasteiger charge is -2.18. The predicted molar refractivity (Wildman–Crippen MR) is 100 cm³/mol. The Hall–Kier alpha value is -1.59. The maximum atomic E-state index is 12.1. The molecule has 0 saturated carbocycles. The van der Waals surface area contributed by atoms with E-state index < -0.39 is 0 Å². The first kappa shape index (κ1) is 19.7. The average molecular weight is 366 g/mol. The van der Waals surface area contributed by atoms with Crippen LogP contribution in [0.2, 0.25) is 5.02 Å². The third-order valence-electron chi connectivity index (χ3n) is 4.62. The van der Waals surface area contributed by atoms with Crippen molar-refractivity contribution in [1.82, 2.24) is 15.5 Å². The number of rotatable bonds is 8. The van der Waals surface area contributed by atoms with Crippen LogP contribution in [0.1, 0.15) is 38.7 Å².